The lowest BCUT2D eigenvalue weighted by Crippen LogP contribution is -2.39. The molecule has 0 aliphatic heterocycles. The summed E-state index contributed by atoms with van der Waals surface area (Å²) in [7, 11) is 0. The quantitative estimate of drug-likeness (QED) is 0.322. The Morgan fingerprint density at radius 3 is 2.23 bits per heavy atom. The van der Waals surface area contributed by atoms with Crippen molar-refractivity contribution in [1.82, 2.24) is 5.32 Å². The number of esters is 1. The Bertz CT molecular complexity index is 1100. The predicted molar refractivity (Wildman–Crippen MR) is 142 cm³/mol. The molecule has 0 saturated heterocycles. The summed E-state index contributed by atoms with van der Waals surface area (Å²) in [6.07, 6.45) is 2.04. The molecule has 1 aromatic heterocycles. The molecule has 3 rings (SSSR count). The van der Waals surface area contributed by atoms with Gasteiger partial charge in [0.15, 0.2) is 11.2 Å². The summed E-state index contributed by atoms with van der Waals surface area (Å²) in [5.74, 6) is -0.765. The molecule has 7 heteroatoms. The molecule has 1 N–H and O–H groups in total. The molecule has 1 heterocycles. The van der Waals surface area contributed by atoms with Gasteiger partial charge in [-0.1, -0.05) is 72.4 Å². The molecular formula is C28H31NO4S2. The van der Waals surface area contributed by atoms with E-state index in [4.69, 9.17) is 4.74 Å². The first-order chi connectivity index (χ1) is 17.0. The summed E-state index contributed by atoms with van der Waals surface area (Å²) in [5, 5.41) is 2.89. The minimum atomic E-state index is -0.876. The highest BCUT2D eigenvalue weighted by Gasteiger charge is 2.29. The van der Waals surface area contributed by atoms with Crippen molar-refractivity contribution < 1.29 is 19.1 Å². The van der Waals surface area contributed by atoms with E-state index in [1.54, 1.807) is 6.92 Å². The fourth-order valence-electron chi connectivity index (χ4n) is 3.67. The smallest absolute Gasteiger partial charge is 0.334 e. The van der Waals surface area contributed by atoms with Gasteiger partial charge in [0, 0.05) is 34.8 Å². The van der Waals surface area contributed by atoms with Crippen LogP contribution in [0, 0.1) is 5.92 Å². The van der Waals surface area contributed by atoms with E-state index < -0.39 is 17.9 Å². The topological polar surface area (TPSA) is 72.5 Å². The van der Waals surface area contributed by atoms with Crippen LogP contribution >= 0.6 is 23.1 Å². The number of nitrogens with one attached hydrogen (secondary N) is 1. The maximum atomic E-state index is 13.3. The van der Waals surface area contributed by atoms with Gasteiger partial charge in [-0.05, 0) is 43.0 Å². The number of ether oxygens (including phenoxy) is 1. The third-order valence-corrected chi connectivity index (χ3v) is 7.61. The van der Waals surface area contributed by atoms with Gasteiger partial charge in [-0.3, -0.25) is 9.59 Å². The van der Waals surface area contributed by atoms with Crippen LogP contribution in [-0.2, 0) is 32.0 Å². The van der Waals surface area contributed by atoms with E-state index >= 15 is 0 Å². The zero-order chi connectivity index (χ0) is 25.0. The van der Waals surface area contributed by atoms with Crippen molar-refractivity contribution in [2.24, 2.45) is 5.92 Å². The highest BCUT2D eigenvalue weighted by Crippen LogP contribution is 2.27. The summed E-state index contributed by atoms with van der Waals surface area (Å²) < 4.78 is 5.29. The second-order valence-corrected chi connectivity index (χ2v) is 10.6. The molecule has 2 atom stereocenters. The second-order valence-electron chi connectivity index (χ2n) is 8.18. The van der Waals surface area contributed by atoms with Crippen LogP contribution in [0.1, 0.15) is 47.2 Å². The van der Waals surface area contributed by atoms with Crippen LogP contribution in [0.4, 0.5) is 0 Å². The number of carbonyl (C=O) groups is 3. The maximum absolute atomic E-state index is 13.3. The number of amides is 1. The molecule has 5 nitrogen and oxygen atoms in total. The largest absolute Gasteiger partial charge is 0.464 e. The first-order valence-corrected chi connectivity index (χ1v) is 13.5. The first kappa shape index (κ1) is 26.7. The van der Waals surface area contributed by atoms with Crippen LogP contribution in [0.3, 0.4) is 0 Å². The monoisotopic (exact) mass is 509 g/mol. The minimum Gasteiger partial charge on any atom is -0.464 e. The number of thioether (sulfide) groups is 1. The third kappa shape index (κ3) is 8.67. The Kier molecular flexibility index (Phi) is 10.6. The van der Waals surface area contributed by atoms with E-state index in [0.717, 1.165) is 33.5 Å². The second kappa shape index (κ2) is 13.9. The molecule has 0 aliphatic rings. The van der Waals surface area contributed by atoms with Gasteiger partial charge >= 0.3 is 5.97 Å². The molecule has 3 aromatic rings. The molecule has 2 aromatic carbocycles. The number of hydrogen-bond donors (Lipinski definition) is 1. The van der Waals surface area contributed by atoms with Crippen molar-refractivity contribution in [1.29, 1.82) is 0 Å². The molecule has 0 bridgehead atoms. The van der Waals surface area contributed by atoms with Crippen molar-refractivity contribution in [2.75, 3.05) is 12.4 Å². The van der Waals surface area contributed by atoms with Gasteiger partial charge in [-0.2, -0.15) is 0 Å². The van der Waals surface area contributed by atoms with Gasteiger partial charge in [0.25, 0.3) is 0 Å². The van der Waals surface area contributed by atoms with Crippen molar-refractivity contribution >= 4 is 40.1 Å². The molecule has 0 fully saturated rings. The number of rotatable bonds is 12. The molecule has 0 aliphatic carbocycles. The van der Waals surface area contributed by atoms with Crippen molar-refractivity contribution in [3.05, 3.63) is 93.7 Å². The van der Waals surface area contributed by atoms with Gasteiger partial charge in [0.05, 0.1) is 6.61 Å². The van der Waals surface area contributed by atoms with Gasteiger partial charge in [-0.15, -0.1) is 11.3 Å². The molecule has 0 spiro atoms. The fraction of sp³-hybridized carbons (Fsp3) is 0.321. The molecule has 0 radical (unpaired) electrons. The van der Waals surface area contributed by atoms with E-state index in [9.17, 15) is 14.4 Å². The van der Waals surface area contributed by atoms with E-state index in [1.165, 1.54) is 23.8 Å². The minimum absolute atomic E-state index is 0.0340. The highest BCUT2D eigenvalue weighted by atomic mass is 32.2. The van der Waals surface area contributed by atoms with Crippen LogP contribution in [0.5, 0.6) is 0 Å². The Morgan fingerprint density at radius 2 is 1.60 bits per heavy atom. The average molecular weight is 510 g/mol. The lowest BCUT2D eigenvalue weighted by molar-refractivity contribution is -0.148. The van der Waals surface area contributed by atoms with Crippen molar-refractivity contribution in [2.45, 2.75) is 39.2 Å². The van der Waals surface area contributed by atoms with Crippen LogP contribution in [-0.4, -0.2) is 29.4 Å². The number of aryl methyl sites for hydroxylation is 1. The van der Waals surface area contributed by atoms with Crippen LogP contribution in [0.15, 0.2) is 72.8 Å². The summed E-state index contributed by atoms with van der Waals surface area (Å²) in [5.41, 5.74) is 2.31. The fourth-order valence-corrected chi connectivity index (χ4v) is 5.51. The maximum Gasteiger partial charge on any atom is 0.334 e. The predicted octanol–water partition coefficient (Wildman–Crippen LogP) is 5.59. The Morgan fingerprint density at radius 1 is 0.943 bits per heavy atom. The summed E-state index contributed by atoms with van der Waals surface area (Å²) in [6.45, 7) is 3.47. The summed E-state index contributed by atoms with van der Waals surface area (Å²) in [6, 6.07) is 23.0. The number of benzene rings is 2. The highest BCUT2D eigenvalue weighted by molar-refractivity contribution is 8.13. The van der Waals surface area contributed by atoms with E-state index in [1.807, 2.05) is 60.7 Å². The number of hydrogen-bond acceptors (Lipinski definition) is 6. The summed E-state index contributed by atoms with van der Waals surface area (Å²) in [4.78, 5) is 39.6. The number of thiophene rings is 1. The van der Waals surface area contributed by atoms with Gasteiger partial charge in [0.1, 0.15) is 0 Å². The molecule has 0 saturated carbocycles. The van der Waals surface area contributed by atoms with Crippen molar-refractivity contribution in [3.8, 4) is 0 Å². The molecule has 184 valence electrons. The Balaban J connectivity index is 1.74. The van der Waals surface area contributed by atoms with E-state index in [2.05, 4.69) is 17.4 Å². The molecule has 1 amide bonds. The van der Waals surface area contributed by atoms with E-state index in [-0.39, 0.29) is 17.6 Å². The molecule has 35 heavy (non-hydrogen) atoms. The lowest BCUT2D eigenvalue weighted by Gasteiger charge is -2.21. The number of carbonyl (C=O) groups excluding carboxylic acids is 3. The SMILES string of the molecule is CCOC(=O)C(NC(=O)C(CCc1ccccc1)CSC(C)=O)c1ccc(Cc2ccccc2)s1. The normalized spacial score (nSPS) is 12.5. The van der Waals surface area contributed by atoms with Crippen molar-refractivity contribution in [3.63, 3.8) is 0 Å². The van der Waals surface area contributed by atoms with Gasteiger partial charge < -0.3 is 10.1 Å². The lowest BCUT2D eigenvalue weighted by atomic mass is 9.99. The summed E-state index contributed by atoms with van der Waals surface area (Å²) >= 11 is 2.63. The molecular weight excluding hydrogens is 478 g/mol. The zero-order valence-corrected chi connectivity index (χ0v) is 21.7. The third-order valence-electron chi connectivity index (χ3n) is 5.48. The van der Waals surface area contributed by atoms with Crippen LogP contribution in [0.2, 0.25) is 0 Å². The van der Waals surface area contributed by atoms with Crippen LogP contribution < -0.4 is 5.32 Å². The Hall–Kier alpha value is -2.90. The van der Waals surface area contributed by atoms with E-state index in [0.29, 0.717) is 18.6 Å². The first-order valence-electron chi connectivity index (χ1n) is 11.7. The standard InChI is InChI=1S/C28H31NO4S2/c1-3-33-28(32)26(25-17-16-24(35-25)18-22-12-8-5-9-13-22)29-27(31)23(19-34-20(2)30)15-14-21-10-6-4-7-11-21/h4-13,16-17,23,26H,3,14-15,18-19H2,1-2H3,(H,29,31). The Labute approximate surface area is 215 Å². The van der Waals surface area contributed by atoms with Crippen LogP contribution in [0.25, 0.3) is 0 Å². The average Bonchev–Trinajstić information content (AvgIpc) is 3.31. The van der Waals surface area contributed by atoms with Gasteiger partial charge in [-0.25, -0.2) is 4.79 Å². The van der Waals surface area contributed by atoms with Gasteiger partial charge in [0.2, 0.25) is 5.91 Å². The molecule has 2 unspecified atom stereocenters. The zero-order valence-electron chi connectivity index (χ0n) is 20.1.